The van der Waals surface area contributed by atoms with Gasteiger partial charge in [-0.2, -0.15) is 0 Å². The molecule has 1 aliphatic rings. The zero-order valence-electron chi connectivity index (χ0n) is 12.6. The van der Waals surface area contributed by atoms with E-state index in [2.05, 4.69) is 22.5 Å². The van der Waals surface area contributed by atoms with E-state index in [1.165, 1.54) is 0 Å². The van der Waals surface area contributed by atoms with Crippen LogP contribution in [-0.4, -0.2) is 43.0 Å². The third-order valence-electron chi connectivity index (χ3n) is 3.98. The fraction of sp³-hybridized carbons (Fsp3) is 0.562. The third-order valence-corrected chi connectivity index (χ3v) is 4.23. The molecule has 0 spiro atoms. The number of halogens is 1. The van der Waals surface area contributed by atoms with Crippen molar-refractivity contribution in [2.75, 3.05) is 26.2 Å². The van der Waals surface area contributed by atoms with Crippen molar-refractivity contribution in [3.05, 3.63) is 34.9 Å². The van der Waals surface area contributed by atoms with Gasteiger partial charge in [-0.1, -0.05) is 30.7 Å². The molecule has 4 nitrogen and oxygen atoms in total. The van der Waals surface area contributed by atoms with E-state index in [1.807, 2.05) is 24.3 Å². The summed E-state index contributed by atoms with van der Waals surface area (Å²) in [6.07, 6.45) is 2.25. The molecule has 1 saturated heterocycles. The van der Waals surface area contributed by atoms with Crippen molar-refractivity contribution in [1.29, 1.82) is 0 Å². The Balaban J connectivity index is 1.78. The van der Waals surface area contributed by atoms with Gasteiger partial charge in [0.05, 0.1) is 6.54 Å². The van der Waals surface area contributed by atoms with Crippen LogP contribution in [0.3, 0.4) is 0 Å². The number of rotatable bonds is 6. The first-order valence-electron chi connectivity index (χ1n) is 7.65. The zero-order chi connectivity index (χ0) is 15.1. The van der Waals surface area contributed by atoms with E-state index in [1.54, 1.807) is 0 Å². The normalized spacial score (nSPS) is 16.1. The summed E-state index contributed by atoms with van der Waals surface area (Å²) < 4.78 is 0. The first-order valence-corrected chi connectivity index (χ1v) is 8.02. The number of likely N-dealkylation sites (N-methyl/N-ethyl adjacent to an activating group) is 1. The monoisotopic (exact) mass is 309 g/mol. The molecule has 116 valence electrons. The molecular weight excluding hydrogens is 286 g/mol. The lowest BCUT2D eigenvalue weighted by Crippen LogP contribution is -2.47. The van der Waals surface area contributed by atoms with Crippen LogP contribution in [-0.2, 0) is 11.3 Å². The van der Waals surface area contributed by atoms with Crippen molar-refractivity contribution in [3.8, 4) is 0 Å². The maximum Gasteiger partial charge on any atom is 0.234 e. The van der Waals surface area contributed by atoms with Crippen molar-refractivity contribution in [1.82, 2.24) is 15.5 Å². The number of nitrogens with zero attached hydrogens (tertiary/aromatic N) is 1. The van der Waals surface area contributed by atoms with Gasteiger partial charge in [0.25, 0.3) is 0 Å². The minimum absolute atomic E-state index is 0.0883. The lowest BCUT2D eigenvalue weighted by molar-refractivity contribution is -0.123. The molecule has 5 heteroatoms. The number of carbonyl (C=O) groups is 1. The predicted octanol–water partition coefficient (Wildman–Crippen LogP) is 2.03. The summed E-state index contributed by atoms with van der Waals surface area (Å²) in [5.41, 5.74) is 1.07. The Labute approximate surface area is 131 Å². The second-order valence-corrected chi connectivity index (χ2v) is 5.88. The van der Waals surface area contributed by atoms with Crippen LogP contribution in [0.2, 0.25) is 5.02 Å². The minimum atomic E-state index is 0.0883. The predicted molar refractivity (Wildman–Crippen MR) is 86.4 cm³/mol. The van der Waals surface area contributed by atoms with Gasteiger partial charge in [-0.25, -0.2) is 0 Å². The summed E-state index contributed by atoms with van der Waals surface area (Å²) in [6, 6.07) is 8.09. The topological polar surface area (TPSA) is 44.4 Å². The molecule has 1 amide bonds. The number of benzene rings is 1. The van der Waals surface area contributed by atoms with Crippen molar-refractivity contribution >= 4 is 17.5 Å². The van der Waals surface area contributed by atoms with E-state index in [9.17, 15) is 4.79 Å². The van der Waals surface area contributed by atoms with Gasteiger partial charge in [-0.15, -0.1) is 0 Å². The fourth-order valence-corrected chi connectivity index (χ4v) is 2.84. The molecule has 21 heavy (non-hydrogen) atoms. The van der Waals surface area contributed by atoms with Crippen molar-refractivity contribution < 1.29 is 4.79 Å². The van der Waals surface area contributed by atoms with Gasteiger partial charge in [0.2, 0.25) is 5.91 Å². The first-order chi connectivity index (χ1) is 10.2. The molecule has 1 aromatic carbocycles. The lowest BCUT2D eigenvalue weighted by atomic mass is 10.0. The summed E-state index contributed by atoms with van der Waals surface area (Å²) in [6.45, 7) is 6.17. The van der Waals surface area contributed by atoms with E-state index >= 15 is 0 Å². The molecule has 1 aliphatic heterocycles. The molecule has 2 rings (SSSR count). The highest BCUT2D eigenvalue weighted by Crippen LogP contribution is 2.11. The van der Waals surface area contributed by atoms with Crippen LogP contribution in [0.1, 0.15) is 25.3 Å². The molecule has 0 bridgehead atoms. The molecule has 0 aromatic heterocycles. The number of carbonyl (C=O) groups excluding carboxylic acids is 1. The SMILES string of the molecule is CCN(CC(=O)NCc1ccc(Cl)cc1)C1CCNCC1. The molecule has 0 radical (unpaired) electrons. The maximum absolute atomic E-state index is 12.1. The summed E-state index contributed by atoms with van der Waals surface area (Å²) in [5.74, 6) is 0.0883. The van der Waals surface area contributed by atoms with E-state index in [-0.39, 0.29) is 5.91 Å². The molecule has 0 unspecified atom stereocenters. The van der Waals surface area contributed by atoms with Gasteiger partial charge in [-0.3, -0.25) is 9.69 Å². The van der Waals surface area contributed by atoms with E-state index in [4.69, 9.17) is 11.6 Å². The van der Waals surface area contributed by atoms with Gasteiger partial charge >= 0.3 is 0 Å². The van der Waals surface area contributed by atoms with Crippen LogP contribution in [0.15, 0.2) is 24.3 Å². The highest BCUT2D eigenvalue weighted by Gasteiger charge is 2.21. The van der Waals surface area contributed by atoms with Crippen molar-refractivity contribution in [2.45, 2.75) is 32.4 Å². The lowest BCUT2D eigenvalue weighted by Gasteiger charge is -2.33. The molecule has 0 atom stereocenters. The molecule has 1 fully saturated rings. The average Bonchev–Trinajstić information content (AvgIpc) is 2.53. The Morgan fingerprint density at radius 1 is 1.33 bits per heavy atom. The Morgan fingerprint density at radius 2 is 2.00 bits per heavy atom. The first kappa shape index (κ1) is 16.3. The van der Waals surface area contributed by atoms with Crippen molar-refractivity contribution in [2.24, 2.45) is 0 Å². The minimum Gasteiger partial charge on any atom is -0.351 e. The van der Waals surface area contributed by atoms with Gasteiger partial charge in [0.15, 0.2) is 0 Å². The standard InChI is InChI=1S/C16H24ClN3O/c1-2-20(15-7-9-18-10-8-15)12-16(21)19-11-13-3-5-14(17)6-4-13/h3-6,15,18H,2,7-12H2,1H3,(H,19,21). The zero-order valence-corrected chi connectivity index (χ0v) is 13.3. The fourth-order valence-electron chi connectivity index (χ4n) is 2.71. The van der Waals surface area contributed by atoms with Gasteiger partial charge in [0.1, 0.15) is 0 Å². The number of hydrogen-bond acceptors (Lipinski definition) is 3. The molecule has 0 saturated carbocycles. The highest BCUT2D eigenvalue weighted by atomic mass is 35.5. The Kier molecular flexibility index (Phi) is 6.49. The summed E-state index contributed by atoms with van der Waals surface area (Å²) in [7, 11) is 0. The second kappa shape index (κ2) is 8.37. The quantitative estimate of drug-likeness (QED) is 0.845. The van der Waals surface area contributed by atoms with E-state index in [0.717, 1.165) is 38.0 Å². The highest BCUT2D eigenvalue weighted by molar-refractivity contribution is 6.30. The Hall–Kier alpha value is -1.10. The van der Waals surface area contributed by atoms with Crippen LogP contribution >= 0.6 is 11.6 Å². The van der Waals surface area contributed by atoms with E-state index < -0.39 is 0 Å². The number of amides is 1. The largest absolute Gasteiger partial charge is 0.351 e. The number of hydrogen-bond donors (Lipinski definition) is 2. The number of nitrogens with one attached hydrogen (secondary N) is 2. The Bertz CT molecular complexity index is 443. The second-order valence-electron chi connectivity index (χ2n) is 5.45. The summed E-state index contributed by atoms with van der Waals surface area (Å²) in [5, 5.41) is 7.06. The molecule has 2 N–H and O–H groups in total. The molecular formula is C16H24ClN3O. The van der Waals surface area contributed by atoms with Gasteiger partial charge in [0, 0.05) is 17.6 Å². The van der Waals surface area contributed by atoms with Crippen LogP contribution in [0, 0.1) is 0 Å². The van der Waals surface area contributed by atoms with Crippen LogP contribution in [0.4, 0.5) is 0 Å². The van der Waals surface area contributed by atoms with Crippen molar-refractivity contribution in [3.63, 3.8) is 0 Å². The van der Waals surface area contributed by atoms with Crippen LogP contribution < -0.4 is 10.6 Å². The molecule has 1 heterocycles. The number of piperidine rings is 1. The summed E-state index contributed by atoms with van der Waals surface area (Å²) in [4.78, 5) is 14.4. The third kappa shape index (κ3) is 5.30. The molecule has 1 aromatic rings. The Morgan fingerprint density at radius 3 is 2.62 bits per heavy atom. The smallest absolute Gasteiger partial charge is 0.234 e. The van der Waals surface area contributed by atoms with E-state index in [0.29, 0.717) is 24.2 Å². The molecule has 0 aliphatic carbocycles. The van der Waals surface area contributed by atoms with Crippen LogP contribution in [0.5, 0.6) is 0 Å². The van der Waals surface area contributed by atoms with Gasteiger partial charge in [-0.05, 0) is 50.2 Å². The summed E-state index contributed by atoms with van der Waals surface area (Å²) >= 11 is 5.85. The van der Waals surface area contributed by atoms with Gasteiger partial charge < -0.3 is 10.6 Å². The average molecular weight is 310 g/mol. The van der Waals surface area contributed by atoms with Crippen LogP contribution in [0.25, 0.3) is 0 Å². The maximum atomic E-state index is 12.1.